The van der Waals surface area contributed by atoms with Gasteiger partial charge in [-0.15, -0.1) is 21.9 Å². The zero-order valence-electron chi connectivity index (χ0n) is 31.7. The Morgan fingerprint density at radius 1 is 0.379 bits per heavy atom. The smallest absolute Gasteiger partial charge is 0.200 e. The summed E-state index contributed by atoms with van der Waals surface area (Å²) < 4.78 is 296. The summed E-state index contributed by atoms with van der Waals surface area (Å²) in [5, 5.41) is 0. The number of aromatic nitrogens is 2. The number of halogens is 20. The van der Waals surface area contributed by atoms with Crippen LogP contribution in [0.15, 0.2) is 79.4 Å². The van der Waals surface area contributed by atoms with E-state index in [-0.39, 0.29) is 5.78 Å². The van der Waals surface area contributed by atoms with Gasteiger partial charge in [-0.3, -0.25) is 9.78 Å². The summed E-state index contributed by atoms with van der Waals surface area (Å²) in [5.41, 5.74) is -11.9. The largest absolute Gasteiger partial charge is 0.289 e. The second-order valence-corrected chi connectivity index (χ2v) is 13.6. The van der Waals surface area contributed by atoms with E-state index in [1.165, 1.54) is 0 Å². The van der Waals surface area contributed by atoms with Crippen molar-refractivity contribution in [2.24, 2.45) is 0 Å². The first-order chi connectivity index (χ1) is 31.0. The molecule has 66 heavy (non-hydrogen) atoms. The highest BCUT2D eigenvalue weighted by atomic mass is 19.2. The molecular formula is C42H15BF20N2O. The fraction of sp³-hybridized carbons (Fsp3) is 0.0238. The van der Waals surface area contributed by atoms with Crippen LogP contribution in [-0.2, 0) is 6.54 Å². The first kappa shape index (κ1) is 48.2. The van der Waals surface area contributed by atoms with Crippen molar-refractivity contribution in [1.29, 1.82) is 0 Å². The van der Waals surface area contributed by atoms with Crippen LogP contribution in [0.25, 0.3) is 0 Å². The van der Waals surface area contributed by atoms with Crippen LogP contribution in [0.1, 0.15) is 21.5 Å². The monoisotopic (exact) mass is 954 g/mol. The van der Waals surface area contributed by atoms with Gasteiger partial charge in [-0.25, -0.2) is 87.8 Å². The Bertz CT molecular complexity index is 2700. The number of hydrogen-bond donors (Lipinski definition) is 0. The van der Waals surface area contributed by atoms with Crippen LogP contribution in [0.2, 0.25) is 0 Å². The Hall–Kier alpha value is -7.27. The normalized spacial score (nSPS) is 11.5. The van der Waals surface area contributed by atoms with Crippen molar-refractivity contribution in [3.63, 3.8) is 0 Å². The maximum Gasteiger partial charge on any atom is 0.200 e. The van der Waals surface area contributed by atoms with E-state index in [1.54, 1.807) is 12.4 Å². The molecule has 1 aromatic heterocycles. The van der Waals surface area contributed by atoms with E-state index in [2.05, 4.69) is 4.98 Å². The van der Waals surface area contributed by atoms with Crippen LogP contribution in [0.4, 0.5) is 87.8 Å². The lowest BCUT2D eigenvalue weighted by atomic mass is 9.12. The summed E-state index contributed by atoms with van der Waals surface area (Å²) in [7, 11) is 0. The summed E-state index contributed by atoms with van der Waals surface area (Å²) in [6.45, 7) is 0.650. The van der Waals surface area contributed by atoms with Gasteiger partial charge in [-0.05, 0) is 0 Å². The minimum Gasteiger partial charge on any atom is -0.289 e. The molecule has 0 fully saturated rings. The number of rotatable bonds is 8. The minimum absolute atomic E-state index is 0.0563. The van der Waals surface area contributed by atoms with Gasteiger partial charge < -0.3 is 0 Å². The Labute approximate surface area is 354 Å². The van der Waals surface area contributed by atoms with Gasteiger partial charge in [0.2, 0.25) is 0 Å². The molecule has 7 rings (SSSR count). The first-order valence-corrected chi connectivity index (χ1v) is 17.7. The Balaban J connectivity index is 0.000000284. The molecule has 0 saturated carbocycles. The van der Waals surface area contributed by atoms with Crippen LogP contribution in [-0.4, -0.2) is 16.9 Å². The van der Waals surface area contributed by atoms with Crippen molar-refractivity contribution in [1.82, 2.24) is 4.98 Å². The molecule has 1 heterocycles. The molecule has 24 heteroatoms. The summed E-state index contributed by atoms with van der Waals surface area (Å²) in [4.78, 5) is 16.6. The predicted molar refractivity (Wildman–Crippen MR) is 189 cm³/mol. The lowest BCUT2D eigenvalue weighted by Crippen LogP contribution is -2.81. The molecule has 0 amide bonds. The van der Waals surface area contributed by atoms with Gasteiger partial charge in [0, 0.05) is 16.7 Å². The zero-order valence-corrected chi connectivity index (χ0v) is 31.7. The quantitative estimate of drug-likeness (QED) is 0.0383. The van der Waals surface area contributed by atoms with Crippen molar-refractivity contribution in [3.8, 4) is 0 Å². The third-order valence-electron chi connectivity index (χ3n) is 10.0. The molecule has 0 aliphatic rings. The highest BCUT2D eigenvalue weighted by molar-refractivity contribution is 7.20. The third-order valence-corrected chi connectivity index (χ3v) is 10.0. The minimum atomic E-state index is -7.22. The number of carbonyl (C=O) groups excluding carboxylic acids is 1. The highest BCUT2D eigenvalue weighted by Gasteiger charge is 2.52. The number of benzene rings is 6. The molecule has 0 bridgehead atoms. The zero-order chi connectivity index (χ0) is 48.8. The van der Waals surface area contributed by atoms with E-state index in [1.807, 2.05) is 71.6 Å². The van der Waals surface area contributed by atoms with Gasteiger partial charge in [-0.1, -0.05) is 54.6 Å². The summed E-state index contributed by atoms with van der Waals surface area (Å²) in [5.74, 6) is -71.3. The third kappa shape index (κ3) is 7.65. The molecule has 0 aliphatic heterocycles. The Kier molecular flexibility index (Phi) is 13.4. The van der Waals surface area contributed by atoms with Crippen molar-refractivity contribution >= 4 is 33.8 Å². The summed E-state index contributed by atoms with van der Waals surface area (Å²) in [6, 6.07) is 17.1. The van der Waals surface area contributed by atoms with E-state index >= 15 is 35.1 Å². The molecule has 0 unspecified atom stereocenters. The van der Waals surface area contributed by atoms with Gasteiger partial charge in [0.15, 0.2) is 94.5 Å². The average Bonchev–Trinajstić information content (AvgIpc) is 3.32. The second-order valence-electron chi connectivity index (χ2n) is 13.6. The van der Waals surface area contributed by atoms with Crippen LogP contribution in [0.5, 0.6) is 0 Å². The number of hydrogen-bond acceptors (Lipinski definition) is 2. The Morgan fingerprint density at radius 3 is 0.970 bits per heavy atom. The molecule has 0 atom stereocenters. The molecule has 0 radical (unpaired) electrons. The summed E-state index contributed by atoms with van der Waals surface area (Å²) in [6.07, 6.45) is 0.0437. The van der Waals surface area contributed by atoms with Gasteiger partial charge in [0.25, 0.3) is 0 Å². The van der Waals surface area contributed by atoms with E-state index in [9.17, 15) is 57.5 Å². The number of ketones is 1. The molecule has 0 aliphatic carbocycles. The van der Waals surface area contributed by atoms with E-state index < -0.39 is 144 Å². The maximum absolute atomic E-state index is 15.4. The van der Waals surface area contributed by atoms with Crippen LogP contribution in [0, 0.1) is 116 Å². The maximum atomic E-state index is 15.4. The highest BCUT2D eigenvalue weighted by Crippen LogP contribution is 2.31. The molecule has 342 valence electrons. The average molecular weight is 954 g/mol. The molecule has 3 nitrogen and oxygen atoms in total. The van der Waals surface area contributed by atoms with Crippen molar-refractivity contribution < 1.29 is 97.2 Å². The van der Waals surface area contributed by atoms with E-state index in [0.29, 0.717) is 12.1 Å². The van der Waals surface area contributed by atoms with Gasteiger partial charge in [0.05, 0.1) is 12.4 Å². The van der Waals surface area contributed by atoms with Crippen molar-refractivity contribution in [2.75, 3.05) is 0 Å². The van der Waals surface area contributed by atoms with Gasteiger partial charge in [0.1, 0.15) is 52.7 Å². The van der Waals surface area contributed by atoms with Crippen LogP contribution in [0.3, 0.4) is 0 Å². The molecule has 0 N–H and O–H groups in total. The predicted octanol–water partition coefficient (Wildman–Crippen LogP) is 8.49. The Morgan fingerprint density at radius 2 is 0.652 bits per heavy atom. The van der Waals surface area contributed by atoms with E-state index in [0.717, 1.165) is 11.1 Å². The van der Waals surface area contributed by atoms with Gasteiger partial charge >= 0.3 is 0 Å². The van der Waals surface area contributed by atoms with Crippen LogP contribution >= 0.6 is 0 Å². The van der Waals surface area contributed by atoms with Crippen molar-refractivity contribution in [2.45, 2.75) is 6.54 Å². The fourth-order valence-electron chi connectivity index (χ4n) is 7.15. The summed E-state index contributed by atoms with van der Waals surface area (Å²) >= 11 is 0. The topological polar surface area (TPSA) is 33.8 Å². The number of carbonyl (C=O) groups is 1. The van der Waals surface area contributed by atoms with Crippen LogP contribution < -0.4 is 26.4 Å². The molecule has 7 aromatic rings. The molecule has 0 saturated heterocycles. The second kappa shape index (κ2) is 18.3. The van der Waals surface area contributed by atoms with E-state index in [4.69, 9.17) is 0 Å². The molecular weight excluding hydrogens is 939 g/mol. The first-order valence-electron chi connectivity index (χ1n) is 17.7. The van der Waals surface area contributed by atoms with Crippen molar-refractivity contribution in [3.05, 3.63) is 212 Å². The van der Waals surface area contributed by atoms with Gasteiger partial charge in [-0.2, -0.15) is 4.57 Å². The standard InChI is InChI=1S/C24BF20.C18H15N2O/c26-5-1(6(27)14(35)21(42)13(5)34)25(2-7(28)15(36)22(43)16(37)8(2)29,3-9(30)17(38)23(44)18(39)10(3)31)4-11(32)19(40)24(45)20(41)12(4)33;21-18(15-6-2-1-3-7-15)17-9-5-4-8-16(17)14-20-12-10-19-11-13-20/h;1-13H,14H2/q-1;+1. The lowest BCUT2D eigenvalue weighted by Gasteiger charge is -2.44. The molecule has 6 aromatic carbocycles. The fourth-order valence-corrected chi connectivity index (χ4v) is 7.15. The number of nitrogens with zero attached hydrogens (tertiary/aromatic N) is 2. The lowest BCUT2D eigenvalue weighted by molar-refractivity contribution is -0.688. The SMILES string of the molecule is Fc1c(F)c(F)c([B-](c2c(F)c(F)c(F)c(F)c2F)(c2c(F)c(F)c(F)c(F)c2F)c2c(F)c(F)c(F)c(F)c2F)c(F)c1F.O=C(c1ccccc1)c1ccccc1C[n+]1ccncc1. The molecule has 0 spiro atoms.